The van der Waals surface area contributed by atoms with Gasteiger partial charge in [0.15, 0.2) is 23.3 Å². The zero-order valence-electron chi connectivity index (χ0n) is 14.1. The summed E-state index contributed by atoms with van der Waals surface area (Å²) in [5.41, 5.74) is 2.08. The van der Waals surface area contributed by atoms with Crippen LogP contribution in [0.1, 0.15) is 11.3 Å². The molecule has 10 heteroatoms. The van der Waals surface area contributed by atoms with Crippen molar-refractivity contribution in [3.8, 4) is 0 Å². The quantitative estimate of drug-likeness (QED) is 0.225. The largest absolute Gasteiger partial charge is 0.272 e. The van der Waals surface area contributed by atoms with Gasteiger partial charge in [0.1, 0.15) is 11.4 Å². The molecule has 0 atom stereocenters. The Bertz CT molecular complexity index is 1000. The third-order valence-corrected chi connectivity index (χ3v) is 3.56. The van der Waals surface area contributed by atoms with Crippen LogP contribution in [0.4, 0.5) is 27.6 Å². The van der Waals surface area contributed by atoms with Crippen LogP contribution in [-0.2, 0) is 6.54 Å². The summed E-state index contributed by atoms with van der Waals surface area (Å²) in [6.45, 7) is 0.525. The summed E-state index contributed by atoms with van der Waals surface area (Å²) in [5.74, 6) is -10.3. The average Bonchev–Trinajstić information content (AvgIpc) is 3.15. The fourth-order valence-electron chi connectivity index (χ4n) is 2.23. The number of halogens is 5. The van der Waals surface area contributed by atoms with Gasteiger partial charge in [-0.15, -0.1) is 5.10 Å². The summed E-state index contributed by atoms with van der Waals surface area (Å²) >= 11 is 0. The molecule has 0 amide bonds. The van der Waals surface area contributed by atoms with Crippen LogP contribution in [-0.4, -0.2) is 21.2 Å². The summed E-state index contributed by atoms with van der Waals surface area (Å²) in [6.07, 6.45) is 5.58. The molecular formula is C18H12F5N5. The molecule has 1 aromatic heterocycles. The van der Waals surface area contributed by atoms with E-state index in [-0.39, 0.29) is 0 Å². The second kappa shape index (κ2) is 8.42. The predicted octanol–water partition coefficient (Wildman–Crippen LogP) is 4.13. The molecule has 3 rings (SSSR count). The van der Waals surface area contributed by atoms with E-state index in [2.05, 4.69) is 15.4 Å². The molecular weight excluding hydrogens is 381 g/mol. The van der Waals surface area contributed by atoms with Crippen LogP contribution in [0.5, 0.6) is 0 Å². The van der Waals surface area contributed by atoms with E-state index in [9.17, 15) is 22.0 Å². The number of aromatic nitrogens is 3. The van der Waals surface area contributed by atoms with Crippen LogP contribution in [0.2, 0.25) is 0 Å². The molecule has 0 radical (unpaired) electrons. The first kappa shape index (κ1) is 19.2. The number of nitrogens with one attached hydrogen (secondary N) is 1. The monoisotopic (exact) mass is 393 g/mol. The normalized spacial score (nSPS) is 11.6. The van der Waals surface area contributed by atoms with E-state index in [4.69, 9.17) is 0 Å². The first-order valence-electron chi connectivity index (χ1n) is 7.88. The summed E-state index contributed by atoms with van der Waals surface area (Å²) in [4.78, 5) is 0. The maximum atomic E-state index is 13.5. The summed E-state index contributed by atoms with van der Waals surface area (Å²) in [6, 6.07) is 9.59. The Balaban J connectivity index is 1.62. The number of hydrogen-bond donors (Lipinski definition) is 1. The van der Waals surface area contributed by atoms with E-state index in [1.165, 1.54) is 12.2 Å². The van der Waals surface area contributed by atoms with Crippen molar-refractivity contribution < 1.29 is 22.0 Å². The molecule has 0 unspecified atom stereocenters. The molecule has 3 aromatic rings. The lowest BCUT2D eigenvalue weighted by atomic mass is 10.2. The summed E-state index contributed by atoms with van der Waals surface area (Å²) in [5, 5.41) is 11.3. The fourth-order valence-corrected chi connectivity index (χ4v) is 2.23. The van der Waals surface area contributed by atoms with Crippen molar-refractivity contribution in [2.24, 2.45) is 5.10 Å². The van der Waals surface area contributed by atoms with E-state index in [0.717, 1.165) is 11.8 Å². The van der Waals surface area contributed by atoms with Crippen LogP contribution in [0.3, 0.4) is 0 Å². The van der Waals surface area contributed by atoms with Gasteiger partial charge in [0, 0.05) is 6.21 Å². The third kappa shape index (κ3) is 4.22. The van der Waals surface area contributed by atoms with Gasteiger partial charge in [0.05, 0.1) is 12.7 Å². The molecule has 0 fully saturated rings. The number of anilines is 1. The first-order valence-corrected chi connectivity index (χ1v) is 7.88. The highest BCUT2D eigenvalue weighted by Crippen LogP contribution is 2.26. The number of nitrogens with zero attached hydrogens (tertiary/aromatic N) is 4. The second-order valence-electron chi connectivity index (χ2n) is 5.52. The second-order valence-corrected chi connectivity index (χ2v) is 5.52. The van der Waals surface area contributed by atoms with Crippen LogP contribution in [0.15, 0.2) is 47.7 Å². The van der Waals surface area contributed by atoms with Crippen molar-refractivity contribution in [2.45, 2.75) is 6.54 Å². The Kier molecular flexibility index (Phi) is 5.78. The zero-order valence-corrected chi connectivity index (χ0v) is 14.1. The number of hydrogen-bond acceptors (Lipinski definition) is 4. The molecule has 0 bridgehead atoms. The summed E-state index contributed by atoms with van der Waals surface area (Å²) < 4.78 is 67.6. The maximum absolute atomic E-state index is 13.5. The SMILES string of the molecule is Fc1c(F)c(F)c(N/N=C\C=C\c2cn(Cc3ccccc3)nn2)c(F)c1F. The smallest absolute Gasteiger partial charge is 0.200 e. The third-order valence-electron chi connectivity index (χ3n) is 3.56. The number of benzene rings is 2. The zero-order chi connectivity index (χ0) is 20.1. The van der Waals surface area contributed by atoms with E-state index in [1.807, 2.05) is 30.3 Å². The molecule has 0 saturated heterocycles. The molecule has 1 N–H and O–H groups in total. The van der Waals surface area contributed by atoms with Gasteiger partial charge in [0.25, 0.3) is 0 Å². The molecule has 5 nitrogen and oxygen atoms in total. The molecule has 1 heterocycles. The molecule has 0 aliphatic heterocycles. The van der Waals surface area contributed by atoms with Gasteiger partial charge in [-0.1, -0.05) is 35.5 Å². The van der Waals surface area contributed by atoms with Gasteiger partial charge in [-0.2, -0.15) is 5.10 Å². The van der Waals surface area contributed by atoms with E-state index in [1.54, 1.807) is 16.3 Å². The molecule has 0 aliphatic rings. The highest BCUT2D eigenvalue weighted by Gasteiger charge is 2.25. The molecule has 0 saturated carbocycles. The van der Waals surface area contributed by atoms with E-state index in [0.29, 0.717) is 12.2 Å². The average molecular weight is 393 g/mol. The highest BCUT2D eigenvalue weighted by atomic mass is 19.2. The van der Waals surface area contributed by atoms with E-state index < -0.39 is 34.8 Å². The Hall–Kier alpha value is -3.56. The molecule has 2 aromatic carbocycles. The van der Waals surface area contributed by atoms with Crippen LogP contribution >= 0.6 is 0 Å². The molecule has 144 valence electrons. The minimum absolute atomic E-state index is 0.485. The van der Waals surface area contributed by atoms with Gasteiger partial charge in [0.2, 0.25) is 5.82 Å². The van der Waals surface area contributed by atoms with Crippen molar-refractivity contribution in [1.29, 1.82) is 0 Å². The molecule has 28 heavy (non-hydrogen) atoms. The lowest BCUT2D eigenvalue weighted by Crippen LogP contribution is -2.06. The predicted molar refractivity (Wildman–Crippen MR) is 92.9 cm³/mol. The van der Waals surface area contributed by atoms with Gasteiger partial charge < -0.3 is 0 Å². The van der Waals surface area contributed by atoms with Gasteiger partial charge in [-0.25, -0.2) is 26.6 Å². The Morgan fingerprint density at radius 1 is 0.929 bits per heavy atom. The van der Waals surface area contributed by atoms with Crippen molar-refractivity contribution in [3.63, 3.8) is 0 Å². The Labute approximate surface area is 155 Å². The number of hydrazone groups is 1. The Morgan fingerprint density at radius 3 is 2.25 bits per heavy atom. The maximum Gasteiger partial charge on any atom is 0.200 e. The highest BCUT2D eigenvalue weighted by molar-refractivity contribution is 5.78. The molecule has 0 spiro atoms. The van der Waals surface area contributed by atoms with Gasteiger partial charge in [-0.3, -0.25) is 5.43 Å². The van der Waals surface area contributed by atoms with Crippen molar-refractivity contribution in [1.82, 2.24) is 15.0 Å². The topological polar surface area (TPSA) is 55.1 Å². The minimum atomic E-state index is -2.23. The number of allylic oxidation sites excluding steroid dienone is 1. The summed E-state index contributed by atoms with van der Waals surface area (Å²) in [7, 11) is 0. The van der Waals surface area contributed by atoms with Gasteiger partial charge >= 0.3 is 0 Å². The van der Waals surface area contributed by atoms with Crippen LogP contribution < -0.4 is 5.43 Å². The minimum Gasteiger partial charge on any atom is -0.272 e. The lowest BCUT2D eigenvalue weighted by molar-refractivity contribution is 0.381. The van der Waals surface area contributed by atoms with Crippen molar-refractivity contribution in [2.75, 3.05) is 5.43 Å². The Morgan fingerprint density at radius 2 is 1.57 bits per heavy atom. The van der Waals surface area contributed by atoms with E-state index >= 15 is 0 Å². The van der Waals surface area contributed by atoms with Gasteiger partial charge in [-0.05, 0) is 17.7 Å². The van der Waals surface area contributed by atoms with Crippen LogP contribution in [0, 0.1) is 29.1 Å². The van der Waals surface area contributed by atoms with Crippen molar-refractivity contribution >= 4 is 18.0 Å². The number of rotatable bonds is 6. The van der Waals surface area contributed by atoms with Crippen LogP contribution in [0.25, 0.3) is 6.08 Å². The molecule has 0 aliphatic carbocycles. The standard InChI is InChI=1S/C18H12F5N5/c19-13-14(20)16(22)18(17(23)15(13)21)26-24-8-4-7-12-10-28(27-25-12)9-11-5-2-1-3-6-11/h1-8,10,26H,9H2/b7-4+,24-8-. The fraction of sp³-hybridized carbons (Fsp3) is 0.0556. The lowest BCUT2D eigenvalue weighted by Gasteiger charge is -2.06. The van der Waals surface area contributed by atoms with Crippen molar-refractivity contribution in [3.05, 3.63) is 82.9 Å². The first-order chi connectivity index (χ1) is 13.5.